The first-order valence-electron chi connectivity index (χ1n) is 45.5. The van der Waals surface area contributed by atoms with Crippen molar-refractivity contribution in [3.8, 4) is 11.4 Å². The van der Waals surface area contributed by atoms with Gasteiger partial charge in [-0.3, -0.25) is 0 Å². The van der Waals surface area contributed by atoms with Gasteiger partial charge in [0.05, 0.1) is 66.8 Å². The first-order valence-corrected chi connectivity index (χ1v) is 52.1. The normalized spacial score (nSPS) is 12.6. The highest BCUT2D eigenvalue weighted by molar-refractivity contribution is 7.92. The summed E-state index contributed by atoms with van der Waals surface area (Å²) < 4.78 is 108. The van der Waals surface area contributed by atoms with Crippen molar-refractivity contribution in [2.24, 2.45) is 21.7 Å². The number of nitrogens with one attached hydrogen (secondary N) is 8. The third-order valence-electron chi connectivity index (χ3n) is 21.1. The minimum absolute atomic E-state index is 0.0711. The molecule has 0 saturated carbocycles. The van der Waals surface area contributed by atoms with Gasteiger partial charge in [-0.15, -0.1) is 0 Å². The van der Waals surface area contributed by atoms with E-state index in [0.29, 0.717) is 81.3 Å². The van der Waals surface area contributed by atoms with Crippen LogP contribution in [0, 0.1) is 56.3 Å². The summed E-state index contributed by atoms with van der Waals surface area (Å²) in [5.41, 5.74) is 13.3. The molecule has 0 bridgehead atoms. The summed E-state index contributed by atoms with van der Waals surface area (Å²) >= 11 is 0. The van der Waals surface area contributed by atoms with E-state index < -0.39 is 39.3 Å². The van der Waals surface area contributed by atoms with E-state index in [4.69, 9.17) is 0 Å². The number of rotatable bonds is 29. The Morgan fingerprint density at radius 3 is 0.950 bits per heavy atom. The van der Waals surface area contributed by atoms with E-state index in [1.54, 1.807) is 126 Å². The number of aryl methyl sites for hydroxylation is 5. The zero-order valence-corrected chi connectivity index (χ0v) is 84.7. The van der Waals surface area contributed by atoms with Crippen molar-refractivity contribution in [2.75, 3.05) is 83.5 Å². The Kier molecular flexibility index (Phi) is 32.3. The minimum Gasteiger partial charge on any atom is -0.372 e. The summed E-state index contributed by atoms with van der Waals surface area (Å²) in [4.78, 5) is 47.8. The largest absolute Gasteiger partial charge is 0.372 e. The van der Waals surface area contributed by atoms with Gasteiger partial charge in [-0.05, 0) is 245 Å². The molecule has 0 unspecified atom stereocenters. The van der Waals surface area contributed by atoms with E-state index in [0.717, 1.165) is 80.7 Å². The highest BCUT2D eigenvalue weighted by Crippen LogP contribution is 2.35. The monoisotopic (exact) mass is 1950 g/mol. The lowest BCUT2D eigenvalue weighted by Gasteiger charge is -2.28. The second-order valence-corrected chi connectivity index (χ2v) is 47.1. The van der Waals surface area contributed by atoms with Crippen molar-refractivity contribution in [3.63, 3.8) is 0 Å². The topological polar surface area (TPSA) is 406 Å². The van der Waals surface area contributed by atoms with Gasteiger partial charge in [-0.2, -0.15) is 30.1 Å². The second kappa shape index (κ2) is 44.0. The maximum absolute atomic E-state index is 12.8. The molecule has 0 aliphatic carbocycles. The predicted octanol–water partition coefficient (Wildman–Crippen LogP) is 21.7. The summed E-state index contributed by atoms with van der Waals surface area (Å²) in [7, 11) is -13.6. The van der Waals surface area contributed by atoms with E-state index in [9.17, 15) is 33.7 Å². The number of nitrogens with zero attached hydrogens (tertiary/aromatic N) is 16. The predicted molar refractivity (Wildman–Crippen MR) is 555 cm³/mol. The van der Waals surface area contributed by atoms with Crippen LogP contribution in [0.2, 0.25) is 0 Å². The first kappa shape index (κ1) is 102. The van der Waals surface area contributed by atoms with Crippen LogP contribution in [0.4, 0.5) is 98.3 Å². The molecule has 7 aromatic heterocycles. The first-order chi connectivity index (χ1) is 65.7. The smallest absolute Gasteiger partial charge is 0.229 e. The number of hydrogen-bond acceptors (Lipinski definition) is 29. The molecule has 8 heterocycles. The molecule has 15 aromatic rings. The zero-order valence-electron chi connectivity index (χ0n) is 81.5. The summed E-state index contributed by atoms with van der Waals surface area (Å²) in [6, 6.07) is 61.1. The molecule has 1 saturated heterocycles. The summed E-state index contributed by atoms with van der Waals surface area (Å²) in [5, 5.41) is 34.2. The number of hydrogen-bond donors (Lipinski definition) is 8. The molecule has 36 heteroatoms. The fourth-order valence-electron chi connectivity index (χ4n) is 14.8. The molecule has 32 nitrogen and oxygen atoms in total. The standard InChI is InChI=1S/C27H35N5O2S.C26H30N6O2S.C25H29N7O2S.C25H28N6O2S/c1-20-18-28-26(30-21-11-13-23(14-12-21)32-15-6-5-7-16-32)31-25(20)29-22-9-8-10-24(17-22)35(33,34)19-27(2,3)4;1-18-14-27-25(30-20-9-11-22(12-10-20)32-15-19(2)28-17-32)31-24(18)29-21-7-6-8-23(13-21)35(33,34)16-26(3,4)5;1-18-13-27-24(30-20-10-8-19(9-11-20)14-32-17-26-16-28-32)31-23(18)29-21-6-5-7-22(12-21)35(33,34)15-25(2,3)4;1-18-16-26-24(29-19-9-11-21(12-10-19)31-14-6-13-27-31)30-23(18)28-20-7-5-8-22(15-20)34(32,33)17-25(2,3)4/h8-14,17-18H,5-7,15-16,19H2,1-4H3,(H2,28,29,30,31);6-15,17H,16H2,1-5H3,(H2,27,29,30,31);5-13,16-17H,14-15H2,1-4H3,(H2,27,29,30,31);5-16H,17H2,1-4H3,(H2,26,28,29,30). The Hall–Kier alpha value is -14.4. The molecule has 1 aliphatic rings. The molecule has 139 heavy (non-hydrogen) atoms. The lowest BCUT2D eigenvalue weighted by Crippen LogP contribution is -2.29. The van der Waals surface area contributed by atoms with E-state index in [-0.39, 0.29) is 59.4 Å². The number of aromatic nitrogens is 15. The molecule has 0 atom stereocenters. The van der Waals surface area contributed by atoms with Crippen LogP contribution in [-0.4, -0.2) is 144 Å². The highest BCUT2D eigenvalue weighted by atomic mass is 32.2. The molecule has 8 N–H and O–H groups in total. The maximum atomic E-state index is 12.8. The van der Waals surface area contributed by atoms with Crippen LogP contribution in [0.1, 0.15) is 136 Å². The Labute approximate surface area is 815 Å². The number of benzene rings is 8. The minimum atomic E-state index is -3.41. The Balaban J connectivity index is 0.000000156. The molecule has 1 aliphatic heterocycles. The lowest BCUT2D eigenvalue weighted by atomic mass is 10.0. The van der Waals surface area contributed by atoms with Gasteiger partial charge < -0.3 is 52.0 Å². The van der Waals surface area contributed by atoms with Crippen LogP contribution in [0.25, 0.3) is 11.4 Å². The number of imidazole rings is 1. The average Bonchev–Trinajstić information content (AvgIpc) is 0.847. The van der Waals surface area contributed by atoms with Crippen molar-refractivity contribution in [3.05, 3.63) is 296 Å². The van der Waals surface area contributed by atoms with Crippen molar-refractivity contribution >= 4 is 138 Å². The third kappa shape index (κ3) is 30.6. The zero-order chi connectivity index (χ0) is 99.7. The lowest BCUT2D eigenvalue weighted by molar-refractivity contribution is 0.460. The van der Waals surface area contributed by atoms with Crippen molar-refractivity contribution in [1.29, 1.82) is 0 Å². The highest BCUT2D eigenvalue weighted by Gasteiger charge is 2.29. The van der Waals surface area contributed by atoms with Gasteiger partial charge in [0, 0.05) is 136 Å². The van der Waals surface area contributed by atoms with Crippen LogP contribution in [0.15, 0.2) is 282 Å². The molecule has 726 valence electrons. The molecule has 8 aromatic carbocycles. The number of anilines is 17. The van der Waals surface area contributed by atoms with E-state index in [1.165, 1.54) is 31.3 Å². The molecule has 0 radical (unpaired) electrons. The van der Waals surface area contributed by atoms with Gasteiger partial charge >= 0.3 is 0 Å². The fourth-order valence-corrected chi connectivity index (χ4v) is 22.4. The molecule has 0 spiro atoms. The van der Waals surface area contributed by atoms with Crippen molar-refractivity contribution in [1.82, 2.24) is 74.0 Å². The molecule has 0 amide bonds. The summed E-state index contributed by atoms with van der Waals surface area (Å²) in [6.07, 6.45) is 21.3. The van der Waals surface area contributed by atoms with Gasteiger partial charge in [0.1, 0.15) is 35.9 Å². The van der Waals surface area contributed by atoms with Gasteiger partial charge in [-0.25, -0.2) is 72.9 Å². The summed E-state index contributed by atoms with van der Waals surface area (Å²) in [6.45, 7) is 35.4. The van der Waals surface area contributed by atoms with E-state index >= 15 is 0 Å². The Bertz CT molecular complexity index is 7190. The molecule has 1 fully saturated rings. The third-order valence-corrected chi connectivity index (χ3v) is 30.0. The van der Waals surface area contributed by atoms with Crippen LogP contribution in [-0.2, 0) is 45.9 Å². The number of piperidine rings is 1. The van der Waals surface area contributed by atoms with Crippen LogP contribution in [0.3, 0.4) is 0 Å². The molecule has 16 rings (SSSR count). The van der Waals surface area contributed by atoms with Gasteiger partial charge in [0.2, 0.25) is 23.8 Å². The maximum Gasteiger partial charge on any atom is 0.229 e. The van der Waals surface area contributed by atoms with Crippen LogP contribution < -0.4 is 47.4 Å². The molecular formula is C103H122N24O8S4. The van der Waals surface area contributed by atoms with Crippen molar-refractivity contribution < 1.29 is 33.7 Å². The Morgan fingerprint density at radius 2 is 0.655 bits per heavy atom. The van der Waals surface area contributed by atoms with Crippen molar-refractivity contribution in [2.45, 2.75) is 163 Å². The average molecular weight is 1950 g/mol. The summed E-state index contributed by atoms with van der Waals surface area (Å²) in [5.74, 6) is 4.47. The van der Waals surface area contributed by atoms with E-state index in [2.05, 4.69) is 120 Å². The van der Waals surface area contributed by atoms with Gasteiger partial charge in [-0.1, -0.05) is 119 Å². The fraction of sp³-hybridized carbons (Fsp3) is 0.301. The quantitative estimate of drug-likeness (QED) is 0.0216. The van der Waals surface area contributed by atoms with E-state index in [1.807, 2.05) is 250 Å². The van der Waals surface area contributed by atoms with Crippen LogP contribution in [0.5, 0.6) is 0 Å². The second-order valence-electron chi connectivity index (χ2n) is 39.1. The van der Waals surface area contributed by atoms with Crippen LogP contribution >= 0.6 is 0 Å². The SMILES string of the molecule is Cc1cn(-c2ccc(Nc3ncc(C)c(Nc4cccc(S(=O)(=O)CC(C)(C)C)c4)n3)cc2)cn1.Cc1cnc(Nc2ccc(-n3cccn3)cc2)nc1Nc1cccc(S(=O)(=O)CC(C)(C)C)c1.Cc1cnc(Nc2ccc(Cn3cncn3)cc2)nc1Nc1cccc(S(=O)(=O)CC(C)(C)C)c1.Cc1cnc(Nc2ccc(N3CCCCC3)cc2)nc1Nc1cccc(S(=O)(=O)CC(C)(C)C)c1. The van der Waals surface area contributed by atoms with Gasteiger partial charge in [0.25, 0.3) is 0 Å². The number of sulfone groups is 4. The Morgan fingerprint density at radius 1 is 0.331 bits per heavy atom. The van der Waals surface area contributed by atoms with Gasteiger partial charge in [0.15, 0.2) is 39.3 Å². The molecular weight excluding hydrogens is 1830 g/mol.